The van der Waals surface area contributed by atoms with Gasteiger partial charge in [-0.2, -0.15) is 5.26 Å². The Morgan fingerprint density at radius 1 is 1.35 bits per heavy atom. The molecular formula is C16H16N2OS. The van der Waals surface area contributed by atoms with Crippen LogP contribution >= 0.6 is 11.8 Å². The number of hydrogen-bond donors (Lipinski definition) is 0. The van der Waals surface area contributed by atoms with Gasteiger partial charge in [-0.3, -0.25) is 4.79 Å². The zero-order chi connectivity index (χ0) is 14.7. The average molecular weight is 284 g/mol. The maximum Gasteiger partial charge on any atom is 0.139 e. The first kappa shape index (κ1) is 14.5. The second kappa shape index (κ2) is 6.06. The number of nitrogens with zero attached hydrogens (tertiary/aromatic N) is 2. The number of benzene rings is 1. The molecule has 0 saturated heterocycles. The van der Waals surface area contributed by atoms with Crippen molar-refractivity contribution in [2.75, 3.05) is 6.26 Å². The van der Waals surface area contributed by atoms with Crippen molar-refractivity contribution < 1.29 is 4.79 Å². The van der Waals surface area contributed by atoms with E-state index in [0.29, 0.717) is 5.57 Å². The molecule has 0 amide bonds. The summed E-state index contributed by atoms with van der Waals surface area (Å²) in [7, 11) is 0. The van der Waals surface area contributed by atoms with Crippen molar-refractivity contribution in [3.8, 4) is 6.07 Å². The van der Waals surface area contributed by atoms with Gasteiger partial charge in [0.1, 0.15) is 10.8 Å². The molecule has 0 spiro atoms. The number of Topliss-reactive ketones (excluding diaryl/α,β-unsaturated/α-hetero) is 1. The van der Waals surface area contributed by atoms with Crippen LogP contribution in [0.4, 0.5) is 0 Å². The summed E-state index contributed by atoms with van der Waals surface area (Å²) in [5.74, 6) is -0.519. The molecule has 102 valence electrons. The number of aliphatic imine (C=N–C) groups is 1. The fourth-order valence-corrected chi connectivity index (χ4v) is 3.28. The smallest absolute Gasteiger partial charge is 0.139 e. The summed E-state index contributed by atoms with van der Waals surface area (Å²) < 4.78 is 0. The minimum atomic E-state index is -0.344. The quantitative estimate of drug-likeness (QED) is 0.853. The van der Waals surface area contributed by atoms with Crippen LogP contribution in [0.2, 0.25) is 0 Å². The van der Waals surface area contributed by atoms with E-state index in [1.807, 2.05) is 43.5 Å². The fraction of sp³-hybridized carbons (Fsp3) is 0.312. The number of carbonyl (C=O) groups excluding carboxylic acids is 1. The van der Waals surface area contributed by atoms with Crippen molar-refractivity contribution in [2.45, 2.75) is 19.8 Å². The molecule has 0 radical (unpaired) electrons. The van der Waals surface area contributed by atoms with Crippen molar-refractivity contribution >= 4 is 23.3 Å². The molecule has 0 aromatic heterocycles. The van der Waals surface area contributed by atoms with Gasteiger partial charge < -0.3 is 0 Å². The van der Waals surface area contributed by atoms with Crippen LogP contribution in [0.15, 0.2) is 45.9 Å². The van der Waals surface area contributed by atoms with Crippen molar-refractivity contribution in [1.29, 1.82) is 5.26 Å². The molecule has 1 aromatic rings. The molecule has 3 nitrogen and oxygen atoms in total. The van der Waals surface area contributed by atoms with E-state index in [2.05, 4.69) is 11.1 Å². The van der Waals surface area contributed by atoms with E-state index in [1.54, 1.807) is 6.92 Å². The zero-order valence-corrected chi connectivity index (χ0v) is 12.6. The number of nitriles is 1. The van der Waals surface area contributed by atoms with Gasteiger partial charge in [-0.25, -0.2) is 4.99 Å². The highest BCUT2D eigenvalue weighted by molar-refractivity contribution is 8.02. The predicted octanol–water partition coefficient (Wildman–Crippen LogP) is 3.55. The number of rotatable bonds is 3. The van der Waals surface area contributed by atoms with E-state index in [-0.39, 0.29) is 17.6 Å². The third kappa shape index (κ3) is 2.54. The number of thioether (sulfide) groups is 1. The molecule has 0 fully saturated rings. The summed E-state index contributed by atoms with van der Waals surface area (Å²) in [6.07, 6.45) is 1.90. The van der Waals surface area contributed by atoms with E-state index in [1.165, 1.54) is 11.8 Å². The molecule has 0 N–H and O–H groups in total. The van der Waals surface area contributed by atoms with Gasteiger partial charge in [0, 0.05) is 11.6 Å². The molecule has 20 heavy (non-hydrogen) atoms. The molecule has 0 aliphatic carbocycles. The molecule has 1 aliphatic heterocycles. The van der Waals surface area contributed by atoms with Gasteiger partial charge in [-0.05, 0) is 25.7 Å². The highest BCUT2D eigenvalue weighted by atomic mass is 32.2. The zero-order valence-electron chi connectivity index (χ0n) is 11.8. The number of hydrogen-bond acceptors (Lipinski definition) is 4. The lowest BCUT2D eigenvalue weighted by atomic mass is 9.75. The molecular weight excluding hydrogens is 268 g/mol. The van der Waals surface area contributed by atoms with Crippen molar-refractivity contribution in [2.24, 2.45) is 10.9 Å². The molecule has 4 heteroatoms. The van der Waals surface area contributed by atoms with Gasteiger partial charge in [-0.1, -0.05) is 30.3 Å². The van der Waals surface area contributed by atoms with Crippen LogP contribution < -0.4 is 0 Å². The average Bonchev–Trinajstić information content (AvgIpc) is 2.46. The first-order valence-corrected chi connectivity index (χ1v) is 7.61. The van der Waals surface area contributed by atoms with E-state index in [9.17, 15) is 10.1 Å². The van der Waals surface area contributed by atoms with Gasteiger partial charge in [0.25, 0.3) is 0 Å². The summed E-state index contributed by atoms with van der Waals surface area (Å²) in [6.45, 7) is 3.44. The second-order valence-corrected chi connectivity index (χ2v) is 5.56. The van der Waals surface area contributed by atoms with Crippen LogP contribution in [-0.2, 0) is 4.79 Å². The summed E-state index contributed by atoms with van der Waals surface area (Å²) >= 11 is 1.45. The maximum absolute atomic E-state index is 12.0. The fourth-order valence-electron chi connectivity index (χ4n) is 2.65. The molecule has 1 heterocycles. The third-order valence-corrected chi connectivity index (χ3v) is 4.21. The minimum Gasteiger partial charge on any atom is -0.299 e. The molecule has 1 aromatic carbocycles. The van der Waals surface area contributed by atoms with Crippen molar-refractivity contribution in [3.63, 3.8) is 0 Å². The van der Waals surface area contributed by atoms with Crippen LogP contribution in [0.3, 0.4) is 0 Å². The van der Waals surface area contributed by atoms with E-state index < -0.39 is 0 Å². The van der Waals surface area contributed by atoms with Crippen molar-refractivity contribution in [1.82, 2.24) is 0 Å². The highest BCUT2D eigenvalue weighted by Crippen LogP contribution is 2.41. The van der Waals surface area contributed by atoms with Crippen LogP contribution in [0.25, 0.3) is 0 Å². The Hall–Kier alpha value is -1.86. The molecule has 1 unspecified atom stereocenters. The molecule has 0 bridgehead atoms. The Morgan fingerprint density at radius 3 is 2.50 bits per heavy atom. The number of allylic oxidation sites excluding steroid dienone is 1. The van der Waals surface area contributed by atoms with Crippen molar-refractivity contribution in [3.05, 3.63) is 46.5 Å². The summed E-state index contributed by atoms with van der Waals surface area (Å²) in [4.78, 5) is 16.5. The van der Waals surface area contributed by atoms with E-state index in [4.69, 9.17) is 0 Å². The third-order valence-electron chi connectivity index (χ3n) is 3.51. The first-order chi connectivity index (χ1) is 9.60. The standard InChI is InChI=1S/C16H16N2OS/c1-10-14(11(2)19)15(12-7-5-4-6-8-12)13(9-17)16(18-10)20-3/h4-8,14-15H,1-3H3/t14?,15-/m0/s1. The highest BCUT2D eigenvalue weighted by Gasteiger charge is 2.37. The van der Waals surface area contributed by atoms with Crippen LogP contribution in [0, 0.1) is 17.2 Å². The van der Waals surface area contributed by atoms with Gasteiger partial charge in [0.2, 0.25) is 0 Å². The Labute approximate surface area is 123 Å². The Bertz CT molecular complexity index is 626. The van der Waals surface area contributed by atoms with Gasteiger partial charge in [0.15, 0.2) is 0 Å². The Kier molecular flexibility index (Phi) is 4.41. The minimum absolute atomic E-state index is 0.0491. The lowest BCUT2D eigenvalue weighted by molar-refractivity contribution is -0.119. The topological polar surface area (TPSA) is 53.2 Å². The summed E-state index contributed by atoms with van der Waals surface area (Å²) in [5, 5.41) is 10.2. The largest absolute Gasteiger partial charge is 0.299 e. The Balaban J connectivity index is 2.64. The molecule has 0 saturated carbocycles. The molecule has 2 atom stereocenters. The van der Waals surface area contributed by atoms with Crippen LogP contribution in [-0.4, -0.2) is 17.8 Å². The predicted molar refractivity (Wildman–Crippen MR) is 82.6 cm³/mol. The van der Waals surface area contributed by atoms with E-state index >= 15 is 0 Å². The lowest BCUT2D eigenvalue weighted by Gasteiger charge is -2.29. The Morgan fingerprint density at radius 2 is 2.00 bits per heavy atom. The lowest BCUT2D eigenvalue weighted by Crippen LogP contribution is -2.31. The second-order valence-electron chi connectivity index (χ2n) is 4.76. The van der Waals surface area contributed by atoms with Gasteiger partial charge in [-0.15, -0.1) is 11.8 Å². The molecule has 1 aliphatic rings. The van der Waals surface area contributed by atoms with E-state index in [0.717, 1.165) is 16.3 Å². The SMILES string of the molecule is CSC1=C(C#N)[C@H](c2ccccc2)C(C(C)=O)C(C)=N1. The van der Waals surface area contributed by atoms with Crippen LogP contribution in [0.1, 0.15) is 25.3 Å². The van der Waals surface area contributed by atoms with Gasteiger partial charge in [0.05, 0.1) is 17.6 Å². The normalized spacial score (nSPS) is 22.2. The summed E-state index contributed by atoms with van der Waals surface area (Å²) in [5.41, 5.74) is 2.37. The maximum atomic E-state index is 12.0. The monoisotopic (exact) mass is 284 g/mol. The number of ketones is 1. The first-order valence-electron chi connectivity index (χ1n) is 6.39. The summed E-state index contributed by atoms with van der Waals surface area (Å²) in [6, 6.07) is 12.0. The van der Waals surface area contributed by atoms with Crippen LogP contribution in [0.5, 0.6) is 0 Å². The molecule has 2 rings (SSSR count). The number of carbonyl (C=O) groups is 1. The van der Waals surface area contributed by atoms with Gasteiger partial charge >= 0.3 is 0 Å².